The molecule has 0 spiro atoms. The minimum absolute atomic E-state index is 0.179. The molecule has 1 aromatic rings. The van der Waals surface area contributed by atoms with Crippen molar-refractivity contribution in [3.05, 3.63) is 28.8 Å². The summed E-state index contributed by atoms with van der Waals surface area (Å²) in [6.07, 6.45) is -0.332. The number of nitrogens with one attached hydrogen (secondary N) is 1. The largest absolute Gasteiger partial charge is 0.458 e. The highest BCUT2D eigenvalue weighted by Crippen LogP contribution is 2.36. The van der Waals surface area contributed by atoms with E-state index in [1.807, 2.05) is 20.8 Å². The van der Waals surface area contributed by atoms with E-state index in [-0.39, 0.29) is 17.0 Å². The van der Waals surface area contributed by atoms with Crippen LogP contribution in [0.1, 0.15) is 60.5 Å². The average Bonchev–Trinajstić information content (AvgIpc) is 2.41. The van der Waals surface area contributed by atoms with Gasteiger partial charge in [0.05, 0.1) is 0 Å². The first-order chi connectivity index (χ1) is 11.2. The van der Waals surface area contributed by atoms with Crippen LogP contribution in [0.2, 0.25) is 5.02 Å². The highest BCUT2D eigenvalue weighted by molar-refractivity contribution is 6.31. The Morgan fingerprint density at radius 3 is 2.16 bits per heavy atom. The molecule has 1 rings (SSSR count). The summed E-state index contributed by atoms with van der Waals surface area (Å²) < 4.78 is 33.5. The van der Waals surface area contributed by atoms with E-state index < -0.39 is 28.9 Å². The Kier molecular flexibility index (Phi) is 6.49. The maximum atomic E-state index is 14.0. The average molecular weight is 376 g/mol. The van der Waals surface area contributed by atoms with Crippen LogP contribution in [-0.2, 0) is 15.5 Å². The monoisotopic (exact) mass is 375 g/mol. The molecule has 0 aliphatic rings. The van der Waals surface area contributed by atoms with Gasteiger partial charge in [-0.25, -0.2) is 13.6 Å². The number of ether oxygens (including phenoxy) is 1. The normalized spacial score (nSPS) is 14.2. The fraction of sp³-hybridized carbons (Fsp3) is 0.632. The van der Waals surface area contributed by atoms with Crippen molar-refractivity contribution in [1.82, 2.24) is 0 Å². The highest BCUT2D eigenvalue weighted by atomic mass is 35.5. The van der Waals surface area contributed by atoms with Gasteiger partial charge in [0.15, 0.2) is 0 Å². The molecule has 0 heterocycles. The molecule has 0 amide bonds. The molecule has 0 fully saturated rings. The van der Waals surface area contributed by atoms with E-state index in [2.05, 4.69) is 5.32 Å². The van der Waals surface area contributed by atoms with Gasteiger partial charge < -0.3 is 10.1 Å². The Morgan fingerprint density at radius 2 is 1.72 bits per heavy atom. The summed E-state index contributed by atoms with van der Waals surface area (Å²) in [4.78, 5) is 12.6. The third kappa shape index (κ3) is 6.46. The minimum atomic E-state index is -2.98. The molecule has 0 aliphatic carbocycles. The van der Waals surface area contributed by atoms with E-state index in [1.54, 1.807) is 20.8 Å². The van der Waals surface area contributed by atoms with Crippen molar-refractivity contribution >= 4 is 23.3 Å². The predicted octanol–water partition coefficient (Wildman–Crippen LogP) is 6.01. The zero-order valence-corrected chi connectivity index (χ0v) is 16.7. The fourth-order valence-electron chi connectivity index (χ4n) is 2.24. The van der Waals surface area contributed by atoms with E-state index in [9.17, 15) is 13.6 Å². The van der Waals surface area contributed by atoms with Crippen molar-refractivity contribution in [2.75, 3.05) is 5.32 Å². The third-order valence-electron chi connectivity index (χ3n) is 3.58. The Morgan fingerprint density at radius 1 is 1.16 bits per heavy atom. The molecule has 25 heavy (non-hydrogen) atoms. The lowest BCUT2D eigenvalue weighted by molar-refractivity contribution is -0.158. The maximum absolute atomic E-state index is 14.0. The summed E-state index contributed by atoms with van der Waals surface area (Å²) in [5, 5.41) is 3.21. The van der Waals surface area contributed by atoms with Crippen molar-refractivity contribution in [1.29, 1.82) is 0 Å². The summed E-state index contributed by atoms with van der Waals surface area (Å²) in [6, 6.07) is 3.39. The van der Waals surface area contributed by atoms with Gasteiger partial charge >= 0.3 is 5.97 Å². The molecule has 1 aromatic carbocycles. The van der Waals surface area contributed by atoms with Gasteiger partial charge in [-0.05, 0) is 44.4 Å². The summed E-state index contributed by atoms with van der Waals surface area (Å²) in [5.41, 5.74) is -0.946. The van der Waals surface area contributed by atoms with E-state index in [1.165, 1.54) is 25.1 Å². The molecule has 1 atom stereocenters. The molecule has 3 nitrogen and oxygen atoms in total. The Balaban J connectivity index is 3.20. The van der Waals surface area contributed by atoms with Crippen LogP contribution < -0.4 is 5.32 Å². The molecule has 0 aliphatic heterocycles. The molecule has 0 aromatic heterocycles. The number of rotatable bonds is 5. The quantitative estimate of drug-likeness (QED) is 0.640. The standard InChI is InChI=1S/C19H28ClF2NO2/c1-8-19(21,22)12-9-13(20)11-14(10-12)23-15(17(2,3)4)16(24)25-18(5,6)7/h9-11,15,23H,8H2,1-7H3. The van der Waals surface area contributed by atoms with Gasteiger partial charge in [0.25, 0.3) is 5.92 Å². The smallest absolute Gasteiger partial charge is 0.329 e. The summed E-state index contributed by atoms with van der Waals surface area (Å²) in [6.45, 7) is 12.4. The predicted molar refractivity (Wildman–Crippen MR) is 98.3 cm³/mol. The topological polar surface area (TPSA) is 38.3 Å². The van der Waals surface area contributed by atoms with Gasteiger partial charge in [-0.15, -0.1) is 0 Å². The third-order valence-corrected chi connectivity index (χ3v) is 3.80. The van der Waals surface area contributed by atoms with Crippen molar-refractivity contribution in [3.8, 4) is 0 Å². The van der Waals surface area contributed by atoms with Gasteiger partial charge in [-0.3, -0.25) is 0 Å². The first-order valence-electron chi connectivity index (χ1n) is 8.34. The molecule has 0 saturated carbocycles. The van der Waals surface area contributed by atoms with Gasteiger partial charge in [0, 0.05) is 22.7 Å². The maximum Gasteiger partial charge on any atom is 0.329 e. The Hall–Kier alpha value is -1.36. The number of esters is 1. The van der Waals surface area contributed by atoms with E-state index >= 15 is 0 Å². The molecular formula is C19H28ClF2NO2. The number of benzene rings is 1. The lowest BCUT2D eigenvalue weighted by atomic mass is 9.86. The Bertz CT molecular complexity index is 619. The second-order valence-corrected chi connectivity index (χ2v) is 8.70. The van der Waals surface area contributed by atoms with Gasteiger partial charge in [-0.1, -0.05) is 39.3 Å². The first-order valence-corrected chi connectivity index (χ1v) is 8.72. The van der Waals surface area contributed by atoms with Crippen LogP contribution in [0.25, 0.3) is 0 Å². The van der Waals surface area contributed by atoms with Crippen LogP contribution in [0, 0.1) is 5.41 Å². The van der Waals surface area contributed by atoms with Crippen molar-refractivity contribution in [3.63, 3.8) is 0 Å². The minimum Gasteiger partial charge on any atom is -0.458 e. The lowest BCUT2D eigenvalue weighted by Crippen LogP contribution is -2.44. The van der Waals surface area contributed by atoms with Gasteiger partial charge in [0.1, 0.15) is 11.6 Å². The molecular weight excluding hydrogens is 348 g/mol. The molecule has 0 bridgehead atoms. The zero-order valence-electron chi connectivity index (χ0n) is 16.0. The number of anilines is 1. The van der Waals surface area contributed by atoms with Gasteiger partial charge in [0.2, 0.25) is 0 Å². The molecule has 6 heteroatoms. The molecule has 0 radical (unpaired) electrons. The summed E-state index contributed by atoms with van der Waals surface area (Å²) >= 11 is 6.01. The molecule has 142 valence electrons. The molecule has 0 saturated heterocycles. The van der Waals surface area contributed by atoms with Crippen molar-refractivity contribution in [2.24, 2.45) is 5.41 Å². The van der Waals surface area contributed by atoms with Crippen LogP contribution >= 0.6 is 11.6 Å². The molecule has 1 unspecified atom stereocenters. The van der Waals surface area contributed by atoms with Crippen LogP contribution in [0.5, 0.6) is 0 Å². The second kappa shape index (κ2) is 7.48. The van der Waals surface area contributed by atoms with Crippen LogP contribution in [0.4, 0.5) is 14.5 Å². The first kappa shape index (κ1) is 21.7. The number of carbonyl (C=O) groups is 1. The number of halogens is 3. The number of hydrogen-bond acceptors (Lipinski definition) is 3. The number of alkyl halides is 2. The van der Waals surface area contributed by atoms with Crippen LogP contribution in [-0.4, -0.2) is 17.6 Å². The van der Waals surface area contributed by atoms with E-state index in [0.29, 0.717) is 5.69 Å². The van der Waals surface area contributed by atoms with Crippen molar-refractivity contribution < 1.29 is 18.3 Å². The fourth-order valence-corrected chi connectivity index (χ4v) is 2.48. The van der Waals surface area contributed by atoms with Gasteiger partial charge in [-0.2, -0.15) is 0 Å². The second-order valence-electron chi connectivity index (χ2n) is 8.26. The highest BCUT2D eigenvalue weighted by Gasteiger charge is 2.36. The number of hydrogen-bond donors (Lipinski definition) is 1. The molecule has 1 N–H and O–H groups in total. The van der Waals surface area contributed by atoms with E-state index in [0.717, 1.165) is 0 Å². The summed E-state index contributed by atoms with van der Waals surface area (Å²) in [7, 11) is 0. The lowest BCUT2D eigenvalue weighted by Gasteiger charge is -2.33. The summed E-state index contributed by atoms with van der Waals surface area (Å²) in [5.74, 6) is -3.42. The van der Waals surface area contributed by atoms with E-state index in [4.69, 9.17) is 16.3 Å². The van der Waals surface area contributed by atoms with Crippen molar-refractivity contribution in [2.45, 2.75) is 72.5 Å². The van der Waals surface area contributed by atoms with Crippen LogP contribution in [0.15, 0.2) is 18.2 Å². The Labute approximate surface area is 154 Å². The number of carbonyl (C=O) groups excluding carboxylic acids is 1. The zero-order chi connectivity index (χ0) is 19.6. The van der Waals surface area contributed by atoms with Crippen LogP contribution in [0.3, 0.4) is 0 Å². The SMILES string of the molecule is CCC(F)(F)c1cc(Cl)cc(NC(C(=O)OC(C)(C)C)C(C)(C)C)c1.